The van der Waals surface area contributed by atoms with Crippen molar-refractivity contribution in [2.45, 2.75) is 19.1 Å². The predicted molar refractivity (Wildman–Crippen MR) is 116 cm³/mol. The highest BCUT2D eigenvalue weighted by Crippen LogP contribution is 2.23. The molecule has 1 N–H and O–H groups in total. The van der Waals surface area contributed by atoms with Gasteiger partial charge in [0.15, 0.2) is 0 Å². The van der Waals surface area contributed by atoms with Gasteiger partial charge in [-0.25, -0.2) is 4.79 Å². The van der Waals surface area contributed by atoms with Gasteiger partial charge in [-0.15, -0.1) is 0 Å². The maximum atomic E-state index is 12.8. The van der Waals surface area contributed by atoms with Crippen LogP contribution in [0.4, 0.5) is 4.79 Å². The van der Waals surface area contributed by atoms with Gasteiger partial charge >= 0.3 is 6.03 Å². The topological polar surface area (TPSA) is 63.6 Å². The summed E-state index contributed by atoms with van der Waals surface area (Å²) in [4.78, 5) is 26.5. The van der Waals surface area contributed by atoms with Crippen LogP contribution >= 0.6 is 0 Å². The number of nitrogens with one attached hydrogen (secondary N) is 1. The molecular formula is C24H25N3O3. The van der Waals surface area contributed by atoms with Gasteiger partial charge in [0.25, 0.3) is 5.56 Å². The second-order valence-electron chi connectivity index (χ2n) is 7.58. The zero-order valence-electron chi connectivity index (χ0n) is 17.1. The number of benzene rings is 2. The standard InChI is InChI=1S/C24H25N3O3/c1-17-13-20(14-22(28)26(17)2)30-21-15-27(16-21)24(29)25-23(18-9-5-3-6-10-18)19-11-7-4-8-12-19/h3-14,21,23H,15-16H2,1-2H3,(H,25,29). The van der Waals surface area contributed by atoms with Crippen LogP contribution in [-0.4, -0.2) is 34.7 Å². The van der Waals surface area contributed by atoms with Crippen molar-refractivity contribution in [3.05, 3.63) is 100.0 Å². The highest BCUT2D eigenvalue weighted by atomic mass is 16.5. The Kier molecular flexibility index (Phi) is 5.57. The van der Waals surface area contributed by atoms with E-state index in [1.165, 1.54) is 6.07 Å². The fraction of sp³-hybridized carbons (Fsp3) is 0.250. The third-order valence-electron chi connectivity index (χ3n) is 5.45. The lowest BCUT2D eigenvalue weighted by Crippen LogP contribution is -2.59. The lowest BCUT2D eigenvalue weighted by molar-refractivity contribution is 0.0436. The van der Waals surface area contributed by atoms with Crippen LogP contribution in [0.25, 0.3) is 0 Å². The first-order chi connectivity index (χ1) is 14.5. The number of rotatable bonds is 5. The summed E-state index contributed by atoms with van der Waals surface area (Å²) in [6, 6.07) is 22.8. The van der Waals surface area contributed by atoms with Crippen molar-refractivity contribution < 1.29 is 9.53 Å². The minimum atomic E-state index is -0.223. The number of likely N-dealkylation sites (tertiary alicyclic amines) is 1. The Labute approximate surface area is 175 Å². The highest BCUT2D eigenvalue weighted by Gasteiger charge is 2.33. The van der Waals surface area contributed by atoms with Crippen molar-refractivity contribution in [1.82, 2.24) is 14.8 Å². The number of pyridine rings is 1. The van der Waals surface area contributed by atoms with Crippen molar-refractivity contribution in [2.24, 2.45) is 7.05 Å². The van der Waals surface area contributed by atoms with Crippen LogP contribution in [0.1, 0.15) is 22.9 Å². The molecule has 0 atom stereocenters. The number of hydrogen-bond acceptors (Lipinski definition) is 3. The largest absolute Gasteiger partial charge is 0.486 e. The van der Waals surface area contributed by atoms with Gasteiger partial charge in [0.2, 0.25) is 0 Å². The van der Waals surface area contributed by atoms with Crippen LogP contribution in [0.3, 0.4) is 0 Å². The number of nitrogens with zero attached hydrogens (tertiary/aromatic N) is 2. The van der Waals surface area contributed by atoms with Crippen molar-refractivity contribution >= 4 is 6.03 Å². The van der Waals surface area contributed by atoms with E-state index in [0.717, 1.165) is 16.8 Å². The van der Waals surface area contributed by atoms with Crippen LogP contribution in [0.15, 0.2) is 77.6 Å². The fourth-order valence-corrected chi connectivity index (χ4v) is 3.54. The third kappa shape index (κ3) is 4.22. The van der Waals surface area contributed by atoms with Crippen LogP contribution < -0.4 is 15.6 Å². The Morgan fingerprint density at radius 3 is 2.10 bits per heavy atom. The molecule has 2 heterocycles. The van der Waals surface area contributed by atoms with Gasteiger partial charge in [0.1, 0.15) is 11.9 Å². The first-order valence-corrected chi connectivity index (χ1v) is 10.0. The molecule has 0 unspecified atom stereocenters. The van der Waals surface area contributed by atoms with Crippen molar-refractivity contribution in [3.63, 3.8) is 0 Å². The predicted octanol–water partition coefficient (Wildman–Crippen LogP) is 3.26. The number of urea groups is 1. The lowest BCUT2D eigenvalue weighted by atomic mass is 9.99. The summed E-state index contributed by atoms with van der Waals surface area (Å²) in [5.74, 6) is 0.548. The minimum absolute atomic E-state index is 0.104. The SMILES string of the molecule is Cc1cc(OC2CN(C(=O)NC(c3ccccc3)c3ccccc3)C2)cc(=O)n1C. The van der Waals surface area contributed by atoms with E-state index in [1.54, 1.807) is 16.5 Å². The molecule has 1 saturated heterocycles. The minimum Gasteiger partial charge on any atom is -0.486 e. The number of carbonyl (C=O) groups is 1. The Balaban J connectivity index is 1.40. The zero-order valence-corrected chi connectivity index (χ0v) is 17.1. The maximum Gasteiger partial charge on any atom is 0.318 e. The van der Waals surface area contributed by atoms with Crippen molar-refractivity contribution in [2.75, 3.05) is 13.1 Å². The van der Waals surface area contributed by atoms with E-state index in [9.17, 15) is 9.59 Å². The summed E-state index contributed by atoms with van der Waals surface area (Å²) < 4.78 is 7.46. The summed E-state index contributed by atoms with van der Waals surface area (Å²) in [6.45, 7) is 2.83. The van der Waals surface area contributed by atoms with E-state index in [1.807, 2.05) is 73.7 Å². The molecule has 1 aliphatic rings. The second kappa shape index (κ2) is 8.45. The van der Waals surface area contributed by atoms with Crippen molar-refractivity contribution in [3.8, 4) is 5.75 Å². The maximum absolute atomic E-state index is 12.8. The Bertz CT molecular complexity index is 1030. The third-order valence-corrected chi connectivity index (χ3v) is 5.45. The van der Waals surface area contributed by atoms with Gasteiger partial charge in [-0.3, -0.25) is 4.79 Å². The molecule has 4 rings (SSSR count). The number of ether oxygens (including phenoxy) is 1. The van der Waals surface area contributed by atoms with E-state index in [-0.39, 0.29) is 23.7 Å². The van der Waals surface area contributed by atoms with Gasteiger partial charge in [0, 0.05) is 18.8 Å². The number of amides is 2. The Morgan fingerprint density at radius 2 is 1.57 bits per heavy atom. The summed E-state index contributed by atoms with van der Waals surface area (Å²) in [7, 11) is 1.73. The molecular weight excluding hydrogens is 378 g/mol. The molecule has 2 amide bonds. The van der Waals surface area contributed by atoms with Crippen LogP contribution in [-0.2, 0) is 7.05 Å². The smallest absolute Gasteiger partial charge is 0.318 e. The van der Waals surface area contributed by atoms with E-state index in [0.29, 0.717) is 18.8 Å². The molecule has 0 saturated carbocycles. The molecule has 1 aliphatic heterocycles. The second-order valence-corrected chi connectivity index (χ2v) is 7.58. The molecule has 1 fully saturated rings. The average Bonchev–Trinajstić information content (AvgIpc) is 2.73. The number of aryl methyl sites for hydroxylation is 1. The number of hydrogen-bond donors (Lipinski definition) is 1. The number of carbonyl (C=O) groups excluding carboxylic acids is 1. The van der Waals surface area contributed by atoms with Gasteiger partial charge in [-0.05, 0) is 24.1 Å². The molecule has 2 aromatic carbocycles. The van der Waals surface area contributed by atoms with E-state index < -0.39 is 0 Å². The first kappa shape index (κ1) is 19.8. The summed E-state index contributed by atoms with van der Waals surface area (Å²) in [5.41, 5.74) is 2.79. The van der Waals surface area contributed by atoms with Crippen LogP contribution in [0.2, 0.25) is 0 Å². The monoisotopic (exact) mass is 403 g/mol. The van der Waals surface area contributed by atoms with Crippen molar-refractivity contribution in [1.29, 1.82) is 0 Å². The van der Waals surface area contributed by atoms with Gasteiger partial charge in [-0.1, -0.05) is 60.7 Å². The Hall–Kier alpha value is -3.54. The molecule has 0 radical (unpaired) electrons. The lowest BCUT2D eigenvalue weighted by Gasteiger charge is -2.39. The molecule has 1 aromatic heterocycles. The molecule has 3 aromatic rings. The van der Waals surface area contributed by atoms with E-state index in [4.69, 9.17) is 4.74 Å². The number of aromatic nitrogens is 1. The summed E-state index contributed by atoms with van der Waals surface area (Å²) >= 11 is 0. The molecule has 0 aliphatic carbocycles. The fourth-order valence-electron chi connectivity index (χ4n) is 3.54. The van der Waals surface area contributed by atoms with Gasteiger partial charge in [-0.2, -0.15) is 0 Å². The molecule has 6 nitrogen and oxygen atoms in total. The molecule has 30 heavy (non-hydrogen) atoms. The zero-order chi connectivity index (χ0) is 21.1. The molecule has 0 spiro atoms. The van der Waals surface area contributed by atoms with Gasteiger partial charge in [0.05, 0.1) is 19.1 Å². The van der Waals surface area contributed by atoms with E-state index in [2.05, 4.69) is 5.32 Å². The first-order valence-electron chi connectivity index (χ1n) is 10.0. The highest BCUT2D eigenvalue weighted by molar-refractivity contribution is 5.76. The quantitative estimate of drug-likeness (QED) is 0.711. The average molecular weight is 403 g/mol. The Morgan fingerprint density at radius 1 is 1.00 bits per heavy atom. The summed E-state index contributed by atoms with van der Waals surface area (Å²) in [6.07, 6.45) is -0.117. The molecule has 6 heteroatoms. The van der Waals surface area contributed by atoms with E-state index >= 15 is 0 Å². The van der Waals surface area contributed by atoms with Gasteiger partial charge < -0.3 is 19.5 Å². The molecule has 154 valence electrons. The normalized spacial score (nSPS) is 13.8. The van der Waals surface area contributed by atoms with Crippen LogP contribution in [0.5, 0.6) is 5.75 Å². The summed E-state index contributed by atoms with van der Waals surface area (Å²) in [5, 5.41) is 3.14. The van der Waals surface area contributed by atoms with Crippen LogP contribution in [0, 0.1) is 6.92 Å². The molecule has 0 bridgehead atoms.